The average molecular weight is 222 g/mol. The van der Waals surface area contributed by atoms with Crippen molar-refractivity contribution in [2.45, 2.75) is 51.9 Å². The second-order valence-electron chi connectivity index (χ2n) is 4.67. The van der Waals surface area contributed by atoms with Crippen molar-refractivity contribution in [1.29, 1.82) is 5.26 Å². The van der Waals surface area contributed by atoms with Crippen LogP contribution in [0.5, 0.6) is 0 Å². The van der Waals surface area contributed by atoms with Crippen LogP contribution in [-0.4, -0.2) is 12.5 Å². The number of amides is 1. The van der Waals surface area contributed by atoms with Crippen molar-refractivity contribution in [2.24, 2.45) is 11.8 Å². The summed E-state index contributed by atoms with van der Waals surface area (Å²) in [5, 5.41) is 11.6. The predicted octanol–water partition coefficient (Wildman–Crippen LogP) is 2.62. The van der Waals surface area contributed by atoms with Crippen molar-refractivity contribution in [3.63, 3.8) is 0 Å². The van der Waals surface area contributed by atoms with Gasteiger partial charge in [-0.2, -0.15) is 5.26 Å². The lowest BCUT2D eigenvalue weighted by molar-refractivity contribution is -0.123. The van der Waals surface area contributed by atoms with Crippen LogP contribution < -0.4 is 5.32 Å². The number of rotatable bonds is 6. The normalized spacial score (nSPS) is 18.0. The van der Waals surface area contributed by atoms with Gasteiger partial charge in [0.15, 0.2) is 0 Å². The van der Waals surface area contributed by atoms with Gasteiger partial charge in [0.05, 0.1) is 6.07 Å². The number of carbonyl (C=O) groups is 1. The maximum atomic E-state index is 11.5. The van der Waals surface area contributed by atoms with Crippen molar-refractivity contribution >= 4 is 5.91 Å². The SMILES string of the molecule is CCC(C#N)C(=O)NCCCC1CCCC1. The van der Waals surface area contributed by atoms with Crippen molar-refractivity contribution in [3.8, 4) is 6.07 Å². The molecule has 16 heavy (non-hydrogen) atoms. The van der Waals surface area contributed by atoms with E-state index in [1.807, 2.05) is 13.0 Å². The van der Waals surface area contributed by atoms with Gasteiger partial charge in [0.2, 0.25) is 5.91 Å². The van der Waals surface area contributed by atoms with Crippen LogP contribution in [0, 0.1) is 23.2 Å². The van der Waals surface area contributed by atoms with E-state index >= 15 is 0 Å². The van der Waals surface area contributed by atoms with Gasteiger partial charge in [-0.15, -0.1) is 0 Å². The molecule has 1 amide bonds. The second kappa shape index (κ2) is 7.27. The highest BCUT2D eigenvalue weighted by Gasteiger charge is 2.16. The maximum Gasteiger partial charge on any atom is 0.237 e. The van der Waals surface area contributed by atoms with Crippen LogP contribution >= 0.6 is 0 Å². The van der Waals surface area contributed by atoms with Crippen molar-refractivity contribution in [2.75, 3.05) is 6.54 Å². The minimum absolute atomic E-state index is 0.101. The largest absolute Gasteiger partial charge is 0.355 e. The molecule has 1 N–H and O–H groups in total. The molecule has 0 aliphatic heterocycles. The standard InChI is InChI=1S/C13H22N2O/c1-2-12(10-14)13(16)15-9-5-8-11-6-3-4-7-11/h11-12H,2-9H2,1H3,(H,15,16). The summed E-state index contributed by atoms with van der Waals surface area (Å²) in [6, 6.07) is 2.02. The first-order valence-electron chi connectivity index (χ1n) is 6.45. The summed E-state index contributed by atoms with van der Waals surface area (Å²) in [4.78, 5) is 11.5. The molecule has 0 aromatic carbocycles. The van der Waals surface area contributed by atoms with E-state index in [1.54, 1.807) is 0 Å². The van der Waals surface area contributed by atoms with E-state index in [0.717, 1.165) is 18.9 Å². The smallest absolute Gasteiger partial charge is 0.237 e. The van der Waals surface area contributed by atoms with Gasteiger partial charge in [-0.25, -0.2) is 0 Å². The highest BCUT2D eigenvalue weighted by atomic mass is 16.1. The van der Waals surface area contributed by atoms with E-state index in [0.29, 0.717) is 6.42 Å². The Labute approximate surface area is 98.2 Å². The Hall–Kier alpha value is -1.04. The summed E-state index contributed by atoms with van der Waals surface area (Å²) in [7, 11) is 0. The third-order valence-corrected chi connectivity index (χ3v) is 3.44. The van der Waals surface area contributed by atoms with E-state index in [-0.39, 0.29) is 5.91 Å². The fraction of sp³-hybridized carbons (Fsp3) is 0.846. The van der Waals surface area contributed by atoms with Crippen LogP contribution in [-0.2, 0) is 4.79 Å². The molecule has 0 bridgehead atoms. The second-order valence-corrected chi connectivity index (χ2v) is 4.67. The van der Waals surface area contributed by atoms with Crippen LogP contribution in [0.25, 0.3) is 0 Å². The first kappa shape index (κ1) is 13.0. The highest BCUT2D eigenvalue weighted by Crippen LogP contribution is 2.28. The molecule has 1 fully saturated rings. The van der Waals surface area contributed by atoms with Crippen molar-refractivity contribution in [1.82, 2.24) is 5.32 Å². The number of carbonyl (C=O) groups excluding carboxylic acids is 1. The van der Waals surface area contributed by atoms with Crippen LogP contribution in [0.4, 0.5) is 0 Å². The summed E-state index contributed by atoms with van der Waals surface area (Å²) in [6.07, 6.45) is 8.37. The number of nitrogens with zero attached hydrogens (tertiary/aromatic N) is 1. The molecule has 0 radical (unpaired) electrons. The van der Waals surface area contributed by atoms with E-state index in [9.17, 15) is 4.79 Å². The lowest BCUT2D eigenvalue weighted by atomic mass is 10.0. The van der Waals surface area contributed by atoms with Crippen LogP contribution in [0.2, 0.25) is 0 Å². The van der Waals surface area contributed by atoms with Gasteiger partial charge in [-0.3, -0.25) is 4.79 Å². The van der Waals surface area contributed by atoms with Crippen molar-refractivity contribution in [3.05, 3.63) is 0 Å². The first-order chi connectivity index (χ1) is 7.77. The van der Waals surface area contributed by atoms with Crippen LogP contribution in [0.3, 0.4) is 0 Å². The van der Waals surface area contributed by atoms with E-state index in [1.165, 1.54) is 32.1 Å². The lowest BCUT2D eigenvalue weighted by Crippen LogP contribution is -2.30. The fourth-order valence-corrected chi connectivity index (χ4v) is 2.36. The molecule has 0 aromatic heterocycles. The van der Waals surface area contributed by atoms with Gasteiger partial charge in [0.25, 0.3) is 0 Å². The predicted molar refractivity (Wildman–Crippen MR) is 63.6 cm³/mol. The third-order valence-electron chi connectivity index (χ3n) is 3.44. The molecule has 1 aliphatic carbocycles. The molecule has 0 heterocycles. The fourth-order valence-electron chi connectivity index (χ4n) is 2.36. The molecular weight excluding hydrogens is 200 g/mol. The Bertz CT molecular complexity index is 251. The molecule has 1 rings (SSSR count). The van der Waals surface area contributed by atoms with Gasteiger partial charge in [0, 0.05) is 6.54 Å². The number of hydrogen-bond acceptors (Lipinski definition) is 2. The Morgan fingerprint density at radius 1 is 1.50 bits per heavy atom. The number of hydrogen-bond donors (Lipinski definition) is 1. The Kier molecular flexibility index (Phi) is 5.92. The molecule has 1 atom stereocenters. The maximum absolute atomic E-state index is 11.5. The molecule has 0 spiro atoms. The Morgan fingerprint density at radius 3 is 2.75 bits per heavy atom. The molecule has 3 heteroatoms. The average Bonchev–Trinajstić information content (AvgIpc) is 2.79. The van der Waals surface area contributed by atoms with Gasteiger partial charge in [-0.1, -0.05) is 32.6 Å². The summed E-state index contributed by atoms with van der Waals surface area (Å²) < 4.78 is 0. The molecule has 90 valence electrons. The molecule has 0 aromatic rings. The van der Waals surface area contributed by atoms with E-state index in [2.05, 4.69) is 5.32 Å². The first-order valence-corrected chi connectivity index (χ1v) is 6.45. The third kappa shape index (κ3) is 4.22. The van der Waals surface area contributed by atoms with Gasteiger partial charge < -0.3 is 5.32 Å². The minimum Gasteiger partial charge on any atom is -0.355 e. The summed E-state index contributed by atoms with van der Waals surface area (Å²) in [5.74, 6) is 0.317. The highest BCUT2D eigenvalue weighted by molar-refractivity contribution is 5.80. The molecule has 0 saturated heterocycles. The molecule has 1 aliphatic rings. The summed E-state index contributed by atoms with van der Waals surface area (Å²) in [6.45, 7) is 2.60. The zero-order chi connectivity index (χ0) is 11.8. The Balaban J connectivity index is 2.06. The zero-order valence-electron chi connectivity index (χ0n) is 10.2. The number of nitriles is 1. The Morgan fingerprint density at radius 2 is 2.19 bits per heavy atom. The van der Waals surface area contributed by atoms with Crippen molar-refractivity contribution < 1.29 is 4.79 Å². The zero-order valence-corrected chi connectivity index (χ0v) is 10.2. The van der Waals surface area contributed by atoms with Gasteiger partial charge in [0.1, 0.15) is 5.92 Å². The van der Waals surface area contributed by atoms with Crippen LogP contribution in [0.1, 0.15) is 51.9 Å². The van der Waals surface area contributed by atoms with E-state index < -0.39 is 5.92 Å². The summed E-state index contributed by atoms with van der Waals surface area (Å²) >= 11 is 0. The topological polar surface area (TPSA) is 52.9 Å². The molecular formula is C13H22N2O. The van der Waals surface area contributed by atoms with Gasteiger partial charge in [-0.05, 0) is 25.2 Å². The quantitative estimate of drug-likeness (QED) is 0.702. The van der Waals surface area contributed by atoms with E-state index in [4.69, 9.17) is 5.26 Å². The molecule has 3 nitrogen and oxygen atoms in total. The molecule has 1 saturated carbocycles. The van der Waals surface area contributed by atoms with Crippen LogP contribution in [0.15, 0.2) is 0 Å². The minimum atomic E-state index is -0.466. The summed E-state index contributed by atoms with van der Waals surface area (Å²) in [5.41, 5.74) is 0. The lowest BCUT2D eigenvalue weighted by Gasteiger charge is -2.10. The van der Waals surface area contributed by atoms with Gasteiger partial charge >= 0.3 is 0 Å². The molecule has 1 unspecified atom stereocenters. The monoisotopic (exact) mass is 222 g/mol. The number of nitrogens with one attached hydrogen (secondary N) is 1.